The number of benzene rings is 2. The normalized spacial score (nSPS) is 21.5. The van der Waals surface area contributed by atoms with Crippen LogP contribution in [0.4, 0.5) is 11.4 Å². The first-order valence-electron chi connectivity index (χ1n) is 8.02. The van der Waals surface area contributed by atoms with Gasteiger partial charge in [-0.25, -0.2) is 4.90 Å². The van der Waals surface area contributed by atoms with Crippen molar-refractivity contribution < 1.29 is 19.3 Å². The van der Waals surface area contributed by atoms with Crippen LogP contribution in [0.15, 0.2) is 53.7 Å². The summed E-state index contributed by atoms with van der Waals surface area (Å²) in [6.07, 6.45) is -0.0980. The van der Waals surface area contributed by atoms with Gasteiger partial charge in [0.15, 0.2) is 0 Å². The molecule has 2 heterocycles. The van der Waals surface area contributed by atoms with Gasteiger partial charge in [-0.1, -0.05) is 28.9 Å². The molecular formula is C18H12ClN3O5. The summed E-state index contributed by atoms with van der Waals surface area (Å²) in [5, 5.41) is 15.4. The van der Waals surface area contributed by atoms with Crippen LogP contribution in [0.5, 0.6) is 0 Å². The number of amides is 2. The Labute approximate surface area is 158 Å². The summed E-state index contributed by atoms with van der Waals surface area (Å²) in [7, 11) is 0. The summed E-state index contributed by atoms with van der Waals surface area (Å²) in [6, 6.07) is 12.2. The van der Waals surface area contributed by atoms with E-state index in [1.54, 1.807) is 30.3 Å². The van der Waals surface area contributed by atoms with Crippen molar-refractivity contribution in [3.8, 4) is 0 Å². The number of nitro benzene ring substituents is 1. The molecule has 2 aromatic carbocycles. The molecule has 4 rings (SSSR count). The Morgan fingerprint density at radius 3 is 2.59 bits per heavy atom. The van der Waals surface area contributed by atoms with Crippen LogP contribution >= 0.6 is 11.6 Å². The van der Waals surface area contributed by atoms with Crippen molar-refractivity contribution in [1.82, 2.24) is 0 Å². The minimum atomic E-state index is -1.42. The first-order valence-corrected chi connectivity index (χ1v) is 8.40. The second-order valence-electron chi connectivity index (χ2n) is 6.30. The van der Waals surface area contributed by atoms with Gasteiger partial charge in [-0.3, -0.25) is 19.7 Å². The zero-order valence-corrected chi connectivity index (χ0v) is 14.5. The van der Waals surface area contributed by atoms with E-state index in [2.05, 4.69) is 5.16 Å². The van der Waals surface area contributed by atoms with E-state index in [0.717, 1.165) is 4.90 Å². The number of non-ortho nitro benzene ring substituents is 1. The Hall–Kier alpha value is -3.26. The minimum Gasteiger partial charge on any atom is -0.378 e. The molecule has 8 nitrogen and oxygen atoms in total. The maximum Gasteiger partial charge on any atom is 0.281 e. The average molecular weight is 386 g/mol. The predicted octanol–water partition coefficient (Wildman–Crippen LogP) is 3.07. The van der Waals surface area contributed by atoms with Crippen molar-refractivity contribution in [2.24, 2.45) is 5.16 Å². The van der Waals surface area contributed by atoms with Crippen LogP contribution in [0.3, 0.4) is 0 Å². The molecule has 136 valence electrons. The number of hydrogen-bond donors (Lipinski definition) is 0. The molecule has 2 aliphatic heterocycles. The predicted molar refractivity (Wildman–Crippen MR) is 96.6 cm³/mol. The number of imide groups is 1. The topological polar surface area (TPSA) is 102 Å². The summed E-state index contributed by atoms with van der Waals surface area (Å²) in [5.41, 5.74) is -0.244. The lowest BCUT2D eigenvalue weighted by atomic mass is 9.92. The second-order valence-corrected chi connectivity index (χ2v) is 6.73. The van der Waals surface area contributed by atoms with E-state index >= 15 is 0 Å². The highest BCUT2D eigenvalue weighted by Gasteiger charge is 2.58. The number of hydrogen-bond acceptors (Lipinski definition) is 6. The molecule has 27 heavy (non-hydrogen) atoms. The first kappa shape index (κ1) is 17.2. The van der Waals surface area contributed by atoms with Gasteiger partial charge in [0.05, 0.1) is 22.7 Å². The molecule has 1 spiro atoms. The van der Waals surface area contributed by atoms with E-state index < -0.39 is 22.3 Å². The van der Waals surface area contributed by atoms with Crippen LogP contribution in [0.2, 0.25) is 5.02 Å². The van der Waals surface area contributed by atoms with Gasteiger partial charge in [0.25, 0.3) is 11.6 Å². The monoisotopic (exact) mass is 385 g/mol. The van der Waals surface area contributed by atoms with E-state index in [-0.39, 0.29) is 18.5 Å². The molecule has 0 bridgehead atoms. The minimum absolute atomic E-state index is 0.0584. The summed E-state index contributed by atoms with van der Waals surface area (Å²) < 4.78 is 0. The maximum atomic E-state index is 12.9. The maximum absolute atomic E-state index is 12.9. The van der Waals surface area contributed by atoms with Gasteiger partial charge >= 0.3 is 0 Å². The van der Waals surface area contributed by atoms with Crippen molar-refractivity contribution in [3.05, 3.63) is 69.2 Å². The molecule has 2 aromatic rings. The van der Waals surface area contributed by atoms with Gasteiger partial charge in [0, 0.05) is 29.1 Å². The molecule has 0 saturated carbocycles. The Morgan fingerprint density at radius 1 is 1.15 bits per heavy atom. The molecule has 1 saturated heterocycles. The molecule has 0 N–H and O–H groups in total. The third-order valence-corrected chi connectivity index (χ3v) is 4.79. The average Bonchev–Trinajstić information content (AvgIpc) is 3.18. The SMILES string of the molecule is O=C1C[C@]2(CC(c3cccc([N+](=O)[O-])c3)=NO2)C(=O)N1c1ccc(Cl)cc1. The van der Waals surface area contributed by atoms with Crippen molar-refractivity contribution >= 4 is 40.5 Å². The Kier molecular flexibility index (Phi) is 3.92. The molecule has 1 atom stereocenters. The van der Waals surface area contributed by atoms with Crippen LogP contribution in [-0.4, -0.2) is 28.1 Å². The molecule has 0 radical (unpaired) electrons. The van der Waals surface area contributed by atoms with Crippen LogP contribution in [0.1, 0.15) is 18.4 Å². The number of halogens is 1. The lowest BCUT2D eigenvalue weighted by Gasteiger charge is -2.19. The largest absolute Gasteiger partial charge is 0.378 e. The Bertz CT molecular complexity index is 1000. The highest BCUT2D eigenvalue weighted by atomic mass is 35.5. The standard InChI is InChI=1S/C18H12ClN3O5/c19-12-4-6-13(7-5-12)21-16(23)10-18(17(21)24)9-15(20-27-18)11-2-1-3-14(8-11)22(25)26/h1-8H,9-10H2/t18-/m1/s1. The Morgan fingerprint density at radius 2 is 1.89 bits per heavy atom. The number of anilines is 1. The van der Waals surface area contributed by atoms with Crippen LogP contribution < -0.4 is 4.90 Å². The fourth-order valence-electron chi connectivity index (χ4n) is 3.21. The molecule has 0 aliphatic carbocycles. The quantitative estimate of drug-likeness (QED) is 0.459. The lowest BCUT2D eigenvalue weighted by Crippen LogP contribution is -2.40. The lowest BCUT2D eigenvalue weighted by molar-refractivity contribution is -0.384. The number of nitro groups is 1. The highest BCUT2D eigenvalue weighted by Crippen LogP contribution is 2.39. The zero-order chi connectivity index (χ0) is 19.2. The summed E-state index contributed by atoms with van der Waals surface area (Å²) in [6.45, 7) is 0. The third kappa shape index (κ3) is 2.83. The molecule has 0 aromatic heterocycles. The highest BCUT2D eigenvalue weighted by molar-refractivity contribution is 6.31. The molecule has 2 amide bonds. The van der Waals surface area contributed by atoms with E-state index in [0.29, 0.717) is 22.0 Å². The molecule has 0 unspecified atom stereocenters. The number of oxime groups is 1. The van der Waals surface area contributed by atoms with Crippen molar-refractivity contribution in [2.45, 2.75) is 18.4 Å². The van der Waals surface area contributed by atoms with Gasteiger partial charge in [0.1, 0.15) is 0 Å². The van der Waals surface area contributed by atoms with Gasteiger partial charge in [-0.2, -0.15) is 0 Å². The van der Waals surface area contributed by atoms with Crippen LogP contribution in [0, 0.1) is 10.1 Å². The number of carbonyl (C=O) groups excluding carboxylic acids is 2. The van der Waals surface area contributed by atoms with E-state index in [4.69, 9.17) is 16.4 Å². The van der Waals surface area contributed by atoms with E-state index in [9.17, 15) is 19.7 Å². The molecule has 2 aliphatic rings. The molecule has 9 heteroatoms. The van der Waals surface area contributed by atoms with Crippen LogP contribution in [-0.2, 0) is 14.4 Å². The molecule has 1 fully saturated rings. The van der Waals surface area contributed by atoms with Crippen molar-refractivity contribution in [2.75, 3.05) is 4.90 Å². The summed E-state index contributed by atoms with van der Waals surface area (Å²) in [4.78, 5) is 42.3. The fraction of sp³-hybridized carbons (Fsp3) is 0.167. The zero-order valence-electron chi connectivity index (χ0n) is 13.8. The smallest absolute Gasteiger partial charge is 0.281 e. The summed E-state index contributed by atoms with van der Waals surface area (Å²) in [5.74, 6) is -0.920. The van der Waals surface area contributed by atoms with Crippen molar-refractivity contribution in [1.29, 1.82) is 0 Å². The Balaban J connectivity index is 1.60. The van der Waals surface area contributed by atoms with Gasteiger partial charge in [0.2, 0.25) is 11.5 Å². The second kappa shape index (κ2) is 6.17. The van der Waals surface area contributed by atoms with Crippen LogP contribution in [0.25, 0.3) is 0 Å². The third-order valence-electron chi connectivity index (χ3n) is 4.54. The van der Waals surface area contributed by atoms with Gasteiger partial charge in [-0.05, 0) is 24.3 Å². The number of nitrogens with zero attached hydrogens (tertiary/aromatic N) is 3. The van der Waals surface area contributed by atoms with Crippen molar-refractivity contribution in [3.63, 3.8) is 0 Å². The van der Waals surface area contributed by atoms with Gasteiger partial charge < -0.3 is 4.84 Å². The fourth-order valence-corrected chi connectivity index (χ4v) is 3.33. The first-order chi connectivity index (χ1) is 12.9. The van der Waals surface area contributed by atoms with E-state index in [1.807, 2.05) is 0 Å². The molecular weight excluding hydrogens is 374 g/mol. The number of carbonyl (C=O) groups is 2. The number of rotatable bonds is 3. The van der Waals surface area contributed by atoms with E-state index in [1.165, 1.54) is 18.2 Å². The summed E-state index contributed by atoms with van der Waals surface area (Å²) >= 11 is 5.85. The van der Waals surface area contributed by atoms with Gasteiger partial charge in [-0.15, -0.1) is 0 Å².